The van der Waals surface area contributed by atoms with Crippen LogP contribution in [0.25, 0.3) is 16.6 Å². The lowest BCUT2D eigenvalue weighted by Crippen LogP contribution is -2.30. The first-order chi connectivity index (χ1) is 12.6. The molecule has 8 heteroatoms. The van der Waals surface area contributed by atoms with E-state index in [1.807, 2.05) is 30.3 Å². The maximum absolute atomic E-state index is 12.7. The molecule has 1 N–H and O–H groups in total. The van der Waals surface area contributed by atoms with Crippen LogP contribution in [-0.2, 0) is 4.79 Å². The van der Waals surface area contributed by atoms with Crippen LogP contribution in [0, 0.1) is 12.8 Å². The van der Waals surface area contributed by atoms with Crippen LogP contribution >= 0.6 is 0 Å². The first-order valence-electron chi connectivity index (χ1n) is 8.35. The number of nitrogens with zero attached hydrogens (tertiary/aromatic N) is 5. The van der Waals surface area contributed by atoms with Crippen molar-refractivity contribution in [3.8, 4) is 5.69 Å². The van der Waals surface area contributed by atoms with Gasteiger partial charge in [-0.3, -0.25) is 14.6 Å². The average Bonchev–Trinajstić information content (AvgIpc) is 3.28. The number of fused-ring (bicyclic) bond motifs is 1. The summed E-state index contributed by atoms with van der Waals surface area (Å²) < 4.78 is 1.60. The molecular formula is C18H17N5O3. The highest BCUT2D eigenvalue weighted by atomic mass is 16.4. The Labute approximate surface area is 149 Å². The second-order valence-electron chi connectivity index (χ2n) is 6.36. The summed E-state index contributed by atoms with van der Waals surface area (Å²) in [6.45, 7) is 2.40. The van der Waals surface area contributed by atoms with Crippen molar-refractivity contribution in [3.63, 3.8) is 0 Å². The van der Waals surface area contributed by atoms with Crippen LogP contribution in [0.3, 0.4) is 0 Å². The van der Waals surface area contributed by atoms with E-state index in [-0.39, 0.29) is 18.1 Å². The largest absolute Gasteiger partial charge is 0.481 e. The van der Waals surface area contributed by atoms with Crippen molar-refractivity contribution in [2.75, 3.05) is 13.1 Å². The summed E-state index contributed by atoms with van der Waals surface area (Å²) in [6, 6.07) is 9.56. The number of pyridine rings is 1. The SMILES string of the molecule is Cc1c(C(=O)N2CC[C@@H](C(=O)O)C2)nnn1-c1cccc2cccnc12. The van der Waals surface area contributed by atoms with Crippen molar-refractivity contribution in [2.45, 2.75) is 13.3 Å². The summed E-state index contributed by atoms with van der Waals surface area (Å²) >= 11 is 0. The number of aromatic nitrogens is 4. The predicted molar refractivity (Wildman–Crippen MR) is 93.0 cm³/mol. The molecule has 8 nitrogen and oxygen atoms in total. The molecule has 4 rings (SSSR count). The Morgan fingerprint density at radius 1 is 1.23 bits per heavy atom. The minimum Gasteiger partial charge on any atom is -0.481 e. The molecule has 3 aromatic rings. The fraction of sp³-hybridized carbons (Fsp3) is 0.278. The van der Waals surface area contributed by atoms with Crippen molar-refractivity contribution in [1.82, 2.24) is 24.9 Å². The normalized spacial score (nSPS) is 17.0. The van der Waals surface area contributed by atoms with Crippen LogP contribution in [-0.4, -0.2) is 55.0 Å². The lowest BCUT2D eigenvalue weighted by atomic mass is 10.1. The molecule has 0 radical (unpaired) electrons. The van der Waals surface area contributed by atoms with Crippen LogP contribution < -0.4 is 0 Å². The van der Waals surface area contributed by atoms with Crippen molar-refractivity contribution in [3.05, 3.63) is 47.9 Å². The Hall–Kier alpha value is -3.29. The highest BCUT2D eigenvalue weighted by Gasteiger charge is 2.33. The number of hydrogen-bond acceptors (Lipinski definition) is 5. The van der Waals surface area contributed by atoms with Crippen molar-refractivity contribution in [1.29, 1.82) is 0 Å². The van der Waals surface area contributed by atoms with Gasteiger partial charge < -0.3 is 10.0 Å². The molecular weight excluding hydrogens is 334 g/mol. The number of likely N-dealkylation sites (tertiary alicyclic amines) is 1. The molecule has 1 aliphatic heterocycles. The first-order valence-corrected chi connectivity index (χ1v) is 8.35. The number of para-hydroxylation sites is 1. The van der Waals surface area contributed by atoms with Crippen molar-refractivity contribution >= 4 is 22.8 Å². The molecule has 132 valence electrons. The molecule has 1 aliphatic rings. The Morgan fingerprint density at radius 3 is 2.81 bits per heavy atom. The molecule has 0 bridgehead atoms. The number of carbonyl (C=O) groups excluding carboxylic acids is 1. The van der Waals surface area contributed by atoms with Gasteiger partial charge in [-0.2, -0.15) is 0 Å². The van der Waals surface area contributed by atoms with E-state index in [4.69, 9.17) is 5.11 Å². The zero-order chi connectivity index (χ0) is 18.3. The minimum absolute atomic E-state index is 0.205. The third-order valence-corrected chi connectivity index (χ3v) is 4.76. The predicted octanol–water partition coefficient (Wildman–Crippen LogP) is 1.67. The minimum atomic E-state index is -0.873. The van der Waals surface area contributed by atoms with Gasteiger partial charge >= 0.3 is 5.97 Å². The van der Waals surface area contributed by atoms with Crippen LogP contribution in [0.2, 0.25) is 0 Å². The van der Waals surface area contributed by atoms with Gasteiger partial charge in [0.2, 0.25) is 0 Å². The molecule has 0 unspecified atom stereocenters. The summed E-state index contributed by atoms with van der Waals surface area (Å²) in [4.78, 5) is 29.8. The number of hydrogen-bond donors (Lipinski definition) is 1. The molecule has 0 aliphatic carbocycles. The van der Waals surface area contributed by atoms with E-state index in [9.17, 15) is 9.59 Å². The van der Waals surface area contributed by atoms with Crippen LogP contribution in [0.1, 0.15) is 22.6 Å². The average molecular weight is 351 g/mol. The number of carboxylic acids is 1. The summed E-state index contributed by atoms with van der Waals surface area (Å²) in [6.07, 6.45) is 2.17. The smallest absolute Gasteiger partial charge is 0.308 e. The zero-order valence-electron chi connectivity index (χ0n) is 14.2. The molecule has 1 amide bonds. The third kappa shape index (κ3) is 2.59. The first kappa shape index (κ1) is 16.2. The molecule has 26 heavy (non-hydrogen) atoms. The lowest BCUT2D eigenvalue weighted by molar-refractivity contribution is -0.141. The van der Waals surface area contributed by atoms with E-state index >= 15 is 0 Å². The zero-order valence-corrected chi connectivity index (χ0v) is 14.2. The van der Waals surface area contributed by atoms with Crippen LogP contribution in [0.5, 0.6) is 0 Å². The summed E-state index contributed by atoms with van der Waals surface area (Å²) in [5.74, 6) is -1.68. The van der Waals surface area contributed by atoms with E-state index in [0.29, 0.717) is 18.7 Å². The van der Waals surface area contributed by atoms with Gasteiger partial charge in [0.05, 0.1) is 22.8 Å². The number of rotatable bonds is 3. The number of aliphatic carboxylic acids is 1. The molecule has 1 aromatic carbocycles. The summed E-state index contributed by atoms with van der Waals surface area (Å²) in [7, 11) is 0. The highest BCUT2D eigenvalue weighted by molar-refractivity contribution is 5.94. The number of carboxylic acid groups (broad SMARTS) is 1. The monoisotopic (exact) mass is 351 g/mol. The quantitative estimate of drug-likeness (QED) is 0.770. The van der Waals surface area contributed by atoms with E-state index in [0.717, 1.165) is 16.6 Å². The van der Waals surface area contributed by atoms with Gasteiger partial charge in [-0.1, -0.05) is 23.4 Å². The molecule has 1 atom stereocenters. The summed E-state index contributed by atoms with van der Waals surface area (Å²) in [5.41, 5.74) is 2.36. The van der Waals surface area contributed by atoms with Gasteiger partial charge in [0.25, 0.3) is 5.91 Å². The third-order valence-electron chi connectivity index (χ3n) is 4.76. The fourth-order valence-corrected chi connectivity index (χ4v) is 3.31. The molecule has 1 saturated heterocycles. The summed E-state index contributed by atoms with van der Waals surface area (Å²) in [5, 5.41) is 18.3. The van der Waals surface area contributed by atoms with Gasteiger partial charge in [0, 0.05) is 24.7 Å². The van der Waals surface area contributed by atoms with Crippen molar-refractivity contribution < 1.29 is 14.7 Å². The fourth-order valence-electron chi connectivity index (χ4n) is 3.31. The topological polar surface area (TPSA) is 101 Å². The van der Waals surface area contributed by atoms with E-state index in [1.54, 1.807) is 17.8 Å². The van der Waals surface area contributed by atoms with Gasteiger partial charge in [-0.15, -0.1) is 5.10 Å². The molecule has 0 spiro atoms. The van der Waals surface area contributed by atoms with E-state index in [2.05, 4.69) is 15.3 Å². The van der Waals surface area contributed by atoms with E-state index in [1.165, 1.54) is 4.90 Å². The lowest BCUT2D eigenvalue weighted by Gasteiger charge is -2.14. The Morgan fingerprint density at radius 2 is 2.04 bits per heavy atom. The van der Waals surface area contributed by atoms with Crippen LogP contribution in [0.15, 0.2) is 36.5 Å². The van der Waals surface area contributed by atoms with Gasteiger partial charge in [0.15, 0.2) is 5.69 Å². The Kier molecular flexibility index (Phi) is 3.87. The molecule has 0 saturated carbocycles. The van der Waals surface area contributed by atoms with Gasteiger partial charge in [-0.25, -0.2) is 4.68 Å². The van der Waals surface area contributed by atoms with Crippen molar-refractivity contribution in [2.24, 2.45) is 5.92 Å². The van der Waals surface area contributed by atoms with Gasteiger partial charge in [-0.05, 0) is 25.5 Å². The highest BCUT2D eigenvalue weighted by Crippen LogP contribution is 2.23. The second-order valence-corrected chi connectivity index (χ2v) is 6.36. The molecule has 2 aromatic heterocycles. The standard InChI is InChI=1S/C18H17N5O3/c1-11-15(17(24)22-9-7-13(10-22)18(25)26)20-21-23(11)14-6-2-4-12-5-3-8-19-16(12)14/h2-6,8,13H,7,9-10H2,1H3,(H,25,26)/t13-/m1/s1. The van der Waals surface area contributed by atoms with E-state index < -0.39 is 11.9 Å². The second kappa shape index (κ2) is 6.21. The van der Waals surface area contributed by atoms with Crippen LogP contribution in [0.4, 0.5) is 0 Å². The number of amides is 1. The Balaban J connectivity index is 1.69. The molecule has 3 heterocycles. The number of carbonyl (C=O) groups is 2. The Bertz CT molecular complexity index is 1010. The molecule has 1 fully saturated rings. The maximum Gasteiger partial charge on any atom is 0.308 e. The number of benzene rings is 1. The maximum atomic E-state index is 12.7. The van der Waals surface area contributed by atoms with Gasteiger partial charge in [0.1, 0.15) is 0 Å².